The quantitative estimate of drug-likeness (QED) is 0.631. The highest BCUT2D eigenvalue weighted by atomic mass is 16.5. The first kappa shape index (κ1) is 21.1. The highest BCUT2D eigenvalue weighted by molar-refractivity contribution is 5.53. The van der Waals surface area contributed by atoms with Crippen molar-refractivity contribution in [2.24, 2.45) is 0 Å². The van der Waals surface area contributed by atoms with Gasteiger partial charge in [-0.1, -0.05) is 35.5 Å². The Kier molecular flexibility index (Phi) is 6.10. The van der Waals surface area contributed by atoms with E-state index in [-0.39, 0.29) is 18.0 Å². The van der Waals surface area contributed by atoms with Gasteiger partial charge in [-0.2, -0.15) is 19.9 Å². The molecule has 0 aliphatic carbocycles. The minimum atomic E-state index is 0.0505. The van der Waals surface area contributed by atoms with E-state index in [1.807, 2.05) is 49.3 Å². The Morgan fingerprint density at radius 3 is 2.19 bits per heavy atom. The summed E-state index contributed by atoms with van der Waals surface area (Å²) in [6.45, 7) is 7.75. The second-order valence-electron chi connectivity index (χ2n) is 7.99. The van der Waals surface area contributed by atoms with Crippen molar-refractivity contribution in [3.05, 3.63) is 42.0 Å². The van der Waals surface area contributed by atoms with Crippen molar-refractivity contribution < 1.29 is 4.52 Å². The van der Waals surface area contributed by atoms with Crippen molar-refractivity contribution in [1.29, 1.82) is 0 Å². The lowest BCUT2D eigenvalue weighted by molar-refractivity contribution is 0.0656. The zero-order chi connectivity index (χ0) is 22.0. The van der Waals surface area contributed by atoms with E-state index in [0.717, 1.165) is 31.7 Å². The van der Waals surface area contributed by atoms with Gasteiger partial charge in [-0.05, 0) is 13.8 Å². The molecule has 10 heteroatoms. The number of anilines is 2. The molecule has 1 aromatic carbocycles. The molecule has 1 saturated heterocycles. The van der Waals surface area contributed by atoms with Crippen molar-refractivity contribution in [3.63, 3.8) is 0 Å². The molecule has 0 amide bonds. The van der Waals surface area contributed by atoms with Crippen LogP contribution < -0.4 is 10.6 Å². The lowest BCUT2D eigenvalue weighted by Crippen LogP contribution is -2.48. The van der Waals surface area contributed by atoms with Gasteiger partial charge in [-0.25, -0.2) is 0 Å². The van der Waals surface area contributed by atoms with E-state index in [1.165, 1.54) is 0 Å². The third-order valence-corrected chi connectivity index (χ3v) is 5.71. The summed E-state index contributed by atoms with van der Waals surface area (Å²) in [4.78, 5) is 24.3. The number of benzene rings is 1. The molecule has 2 unspecified atom stereocenters. The van der Waals surface area contributed by atoms with Crippen LogP contribution in [0.1, 0.15) is 37.6 Å². The fourth-order valence-electron chi connectivity index (χ4n) is 3.72. The van der Waals surface area contributed by atoms with Crippen LogP contribution in [0, 0.1) is 0 Å². The van der Waals surface area contributed by atoms with Crippen LogP contribution in [0.15, 0.2) is 34.9 Å². The summed E-state index contributed by atoms with van der Waals surface area (Å²) in [6.07, 6.45) is 0. The molecule has 2 N–H and O–H groups in total. The number of hydrogen-bond donors (Lipinski definition) is 1. The van der Waals surface area contributed by atoms with E-state index in [4.69, 9.17) is 10.3 Å². The lowest BCUT2D eigenvalue weighted by atomic mass is 10.1. The minimum absolute atomic E-state index is 0.0505. The largest absolute Gasteiger partial charge is 0.368 e. The van der Waals surface area contributed by atoms with Crippen LogP contribution in [0.5, 0.6) is 0 Å². The summed E-state index contributed by atoms with van der Waals surface area (Å²) in [6, 6.07) is 9.98. The van der Waals surface area contributed by atoms with E-state index < -0.39 is 0 Å². The molecule has 2 atom stereocenters. The molecule has 0 saturated carbocycles. The Labute approximate surface area is 182 Å². The summed E-state index contributed by atoms with van der Waals surface area (Å²) in [7, 11) is 3.79. The molecule has 0 bridgehead atoms. The van der Waals surface area contributed by atoms with Crippen LogP contribution in [-0.2, 0) is 0 Å². The van der Waals surface area contributed by atoms with Gasteiger partial charge in [0.05, 0.1) is 12.1 Å². The predicted molar refractivity (Wildman–Crippen MR) is 118 cm³/mol. The normalized spacial score (nSPS) is 17.4. The number of aromatic nitrogens is 5. The maximum Gasteiger partial charge on any atom is 0.244 e. The lowest BCUT2D eigenvalue weighted by Gasteiger charge is -2.39. The number of rotatable bonds is 6. The van der Waals surface area contributed by atoms with Crippen molar-refractivity contribution in [2.75, 3.05) is 50.9 Å². The summed E-state index contributed by atoms with van der Waals surface area (Å²) in [5, 5.41) is 4.15. The highest BCUT2D eigenvalue weighted by Crippen LogP contribution is 2.26. The summed E-state index contributed by atoms with van der Waals surface area (Å²) in [5.41, 5.74) is 6.85. The van der Waals surface area contributed by atoms with E-state index >= 15 is 0 Å². The predicted octanol–water partition coefficient (Wildman–Crippen LogP) is 2.01. The maximum atomic E-state index is 5.90. The monoisotopic (exact) mass is 423 g/mol. The van der Waals surface area contributed by atoms with E-state index in [9.17, 15) is 0 Å². The van der Waals surface area contributed by atoms with Crippen LogP contribution >= 0.6 is 0 Å². The first-order chi connectivity index (χ1) is 14.9. The highest BCUT2D eigenvalue weighted by Gasteiger charge is 2.29. The van der Waals surface area contributed by atoms with Crippen LogP contribution in [0.25, 0.3) is 11.4 Å². The third-order valence-electron chi connectivity index (χ3n) is 5.71. The first-order valence-electron chi connectivity index (χ1n) is 10.5. The molecule has 0 spiro atoms. The zero-order valence-electron chi connectivity index (χ0n) is 18.4. The van der Waals surface area contributed by atoms with E-state index in [2.05, 4.69) is 48.7 Å². The van der Waals surface area contributed by atoms with Crippen LogP contribution in [0.3, 0.4) is 0 Å². The Bertz CT molecular complexity index is 999. The molecule has 3 aromatic rings. The fraction of sp³-hybridized carbons (Fsp3) is 0.476. The molecular formula is C21H29N9O. The molecule has 0 radical (unpaired) electrons. The Hall–Kier alpha value is -3.11. The zero-order valence-corrected chi connectivity index (χ0v) is 18.4. The average molecular weight is 424 g/mol. The molecule has 10 nitrogen and oxygen atoms in total. The first-order valence-corrected chi connectivity index (χ1v) is 10.5. The summed E-state index contributed by atoms with van der Waals surface area (Å²) in [5.74, 6) is 2.78. The molecule has 4 rings (SSSR count). The summed E-state index contributed by atoms with van der Waals surface area (Å²) < 4.78 is 5.56. The van der Waals surface area contributed by atoms with Crippen LogP contribution in [0.2, 0.25) is 0 Å². The van der Waals surface area contributed by atoms with Crippen LogP contribution in [0.4, 0.5) is 11.9 Å². The van der Waals surface area contributed by atoms with E-state index in [1.54, 1.807) is 0 Å². The molecule has 1 aliphatic heterocycles. The Morgan fingerprint density at radius 1 is 0.903 bits per heavy atom. The molecule has 31 heavy (non-hydrogen) atoms. The van der Waals surface area contributed by atoms with Gasteiger partial charge in [0.15, 0.2) is 5.82 Å². The van der Waals surface area contributed by atoms with Gasteiger partial charge in [-0.15, -0.1) is 0 Å². The van der Waals surface area contributed by atoms with Crippen molar-refractivity contribution in [1.82, 2.24) is 34.9 Å². The SMILES string of the molecule is CC(c1nc(N)nc(N(C)C)n1)N1CCN(C(C)c2nc(-c3ccccc3)no2)CC1. The second kappa shape index (κ2) is 8.94. The van der Waals surface area contributed by atoms with Gasteiger partial charge in [-0.3, -0.25) is 9.80 Å². The minimum Gasteiger partial charge on any atom is -0.368 e. The maximum absolute atomic E-state index is 5.90. The number of nitrogens with two attached hydrogens (primary N) is 1. The molecule has 1 aliphatic rings. The second-order valence-corrected chi connectivity index (χ2v) is 7.99. The molecule has 164 valence electrons. The van der Waals surface area contributed by atoms with Gasteiger partial charge < -0.3 is 15.2 Å². The number of nitrogens with zero attached hydrogens (tertiary/aromatic N) is 8. The smallest absolute Gasteiger partial charge is 0.244 e. The molecular weight excluding hydrogens is 394 g/mol. The number of piperazine rings is 1. The van der Waals surface area contributed by atoms with Crippen molar-refractivity contribution in [3.8, 4) is 11.4 Å². The summed E-state index contributed by atoms with van der Waals surface area (Å²) >= 11 is 0. The van der Waals surface area contributed by atoms with Crippen molar-refractivity contribution in [2.45, 2.75) is 25.9 Å². The van der Waals surface area contributed by atoms with Gasteiger partial charge in [0.25, 0.3) is 0 Å². The molecule has 1 fully saturated rings. The average Bonchev–Trinajstić information content (AvgIpc) is 3.29. The van der Waals surface area contributed by atoms with Gasteiger partial charge in [0.1, 0.15) is 0 Å². The molecule has 3 heterocycles. The number of nitrogen functional groups attached to an aromatic ring is 1. The Balaban J connectivity index is 1.39. The van der Waals surface area contributed by atoms with Gasteiger partial charge >= 0.3 is 0 Å². The number of hydrogen-bond acceptors (Lipinski definition) is 10. The Morgan fingerprint density at radius 2 is 1.55 bits per heavy atom. The van der Waals surface area contributed by atoms with Gasteiger partial charge in [0, 0.05) is 45.8 Å². The van der Waals surface area contributed by atoms with Crippen LogP contribution in [-0.4, -0.2) is 75.2 Å². The topological polar surface area (TPSA) is 113 Å². The standard InChI is InChI=1S/C21H29N9O/c1-14(17-24-20(22)26-21(25-17)28(3)4)29-10-12-30(13-11-29)15(2)19-23-18(27-31-19)16-8-6-5-7-9-16/h5-9,14-15H,10-13H2,1-4H3,(H2,22,24,25,26). The fourth-order valence-corrected chi connectivity index (χ4v) is 3.72. The van der Waals surface area contributed by atoms with Gasteiger partial charge in [0.2, 0.25) is 23.6 Å². The van der Waals surface area contributed by atoms with Crippen molar-refractivity contribution >= 4 is 11.9 Å². The third kappa shape index (κ3) is 4.64. The van der Waals surface area contributed by atoms with E-state index in [0.29, 0.717) is 23.5 Å². The molecule has 2 aromatic heterocycles.